The molecule has 1 aromatic heterocycles. The molecule has 17 heavy (non-hydrogen) atoms. The molecule has 0 bridgehead atoms. The molecule has 0 radical (unpaired) electrons. The van der Waals surface area contributed by atoms with E-state index in [1.54, 1.807) is 0 Å². The number of hydrogen-bond donors (Lipinski definition) is 2. The lowest BCUT2D eigenvalue weighted by Crippen LogP contribution is -2.38. The molecule has 0 aliphatic heterocycles. The van der Waals surface area contributed by atoms with Crippen molar-refractivity contribution in [2.75, 3.05) is 6.54 Å². The van der Waals surface area contributed by atoms with E-state index in [2.05, 4.69) is 37.5 Å². The first kappa shape index (κ1) is 14.0. The summed E-state index contributed by atoms with van der Waals surface area (Å²) < 4.78 is 5.51. The van der Waals surface area contributed by atoms with Crippen molar-refractivity contribution in [1.82, 2.24) is 10.6 Å². The maximum absolute atomic E-state index is 5.51. The Morgan fingerprint density at radius 3 is 2.47 bits per heavy atom. The highest BCUT2D eigenvalue weighted by atomic mass is 32.1. The second kappa shape index (κ2) is 6.05. The third kappa shape index (κ3) is 4.38. The topological polar surface area (TPSA) is 37.2 Å². The molecule has 0 aromatic carbocycles. The van der Waals surface area contributed by atoms with Gasteiger partial charge in [0.15, 0.2) is 5.11 Å². The van der Waals surface area contributed by atoms with E-state index in [1.165, 1.54) is 0 Å². The van der Waals surface area contributed by atoms with Crippen molar-refractivity contribution in [3.05, 3.63) is 23.2 Å². The first-order valence-corrected chi connectivity index (χ1v) is 6.42. The van der Waals surface area contributed by atoms with Crippen molar-refractivity contribution < 1.29 is 4.42 Å². The van der Waals surface area contributed by atoms with Gasteiger partial charge in [-0.25, -0.2) is 0 Å². The van der Waals surface area contributed by atoms with Gasteiger partial charge in [0.25, 0.3) is 0 Å². The van der Waals surface area contributed by atoms with Gasteiger partial charge in [-0.15, -0.1) is 0 Å². The summed E-state index contributed by atoms with van der Waals surface area (Å²) in [4.78, 5) is 0. The predicted octanol–water partition coefficient (Wildman–Crippen LogP) is 3.08. The summed E-state index contributed by atoms with van der Waals surface area (Å²) in [6.45, 7) is 11.2. The molecule has 0 amide bonds. The summed E-state index contributed by atoms with van der Waals surface area (Å²) in [5.41, 5.74) is 1.16. The molecule has 1 rings (SSSR count). The third-order valence-electron chi connectivity index (χ3n) is 2.56. The van der Waals surface area contributed by atoms with E-state index in [-0.39, 0.29) is 6.04 Å². The van der Waals surface area contributed by atoms with Crippen molar-refractivity contribution in [3.8, 4) is 0 Å². The van der Waals surface area contributed by atoms with Crippen LogP contribution in [0.4, 0.5) is 0 Å². The van der Waals surface area contributed by atoms with Crippen LogP contribution in [0.5, 0.6) is 0 Å². The Morgan fingerprint density at radius 1 is 1.35 bits per heavy atom. The minimum Gasteiger partial charge on any atom is -0.466 e. The maximum Gasteiger partial charge on any atom is 0.166 e. The Labute approximate surface area is 109 Å². The van der Waals surface area contributed by atoms with Crippen molar-refractivity contribution >= 4 is 17.3 Å². The molecule has 1 unspecified atom stereocenters. The van der Waals surface area contributed by atoms with Gasteiger partial charge in [-0.05, 0) is 45.0 Å². The molecule has 0 aliphatic rings. The smallest absolute Gasteiger partial charge is 0.166 e. The molecular weight excluding hydrogens is 232 g/mol. The molecule has 4 heteroatoms. The number of furan rings is 1. The van der Waals surface area contributed by atoms with Crippen molar-refractivity contribution in [3.63, 3.8) is 0 Å². The average Bonchev–Trinajstić information content (AvgIpc) is 2.55. The highest BCUT2D eigenvalue weighted by molar-refractivity contribution is 7.80. The largest absolute Gasteiger partial charge is 0.466 e. The van der Waals surface area contributed by atoms with Crippen molar-refractivity contribution in [1.29, 1.82) is 0 Å². The van der Waals surface area contributed by atoms with Crippen LogP contribution in [-0.2, 0) is 0 Å². The van der Waals surface area contributed by atoms with Crippen molar-refractivity contribution in [2.24, 2.45) is 5.92 Å². The lowest BCUT2D eigenvalue weighted by molar-refractivity contribution is 0.496. The van der Waals surface area contributed by atoms with Crippen molar-refractivity contribution in [2.45, 2.75) is 40.7 Å². The second-order valence-corrected chi connectivity index (χ2v) is 5.25. The Kier molecular flexibility index (Phi) is 5.00. The van der Waals surface area contributed by atoms with E-state index in [0.29, 0.717) is 11.0 Å². The summed E-state index contributed by atoms with van der Waals surface area (Å²) in [5.74, 6) is 2.48. The Hall–Kier alpha value is -1.03. The van der Waals surface area contributed by atoms with E-state index < -0.39 is 0 Å². The average molecular weight is 254 g/mol. The molecule has 0 fully saturated rings. The summed E-state index contributed by atoms with van der Waals surface area (Å²) in [6.07, 6.45) is 0. The zero-order chi connectivity index (χ0) is 13.0. The van der Waals surface area contributed by atoms with Gasteiger partial charge >= 0.3 is 0 Å². The zero-order valence-corrected chi connectivity index (χ0v) is 12.1. The van der Waals surface area contributed by atoms with Crippen LogP contribution in [-0.4, -0.2) is 11.7 Å². The lowest BCUT2D eigenvalue weighted by atomic mass is 10.1. The molecule has 1 heterocycles. The van der Waals surface area contributed by atoms with E-state index in [1.807, 2.05) is 13.8 Å². The minimum atomic E-state index is 0.166. The molecule has 2 N–H and O–H groups in total. The van der Waals surface area contributed by atoms with Gasteiger partial charge in [0, 0.05) is 12.1 Å². The molecule has 0 spiro atoms. The summed E-state index contributed by atoms with van der Waals surface area (Å²) in [7, 11) is 0. The van der Waals surface area contributed by atoms with Gasteiger partial charge in [0.2, 0.25) is 0 Å². The lowest BCUT2D eigenvalue weighted by Gasteiger charge is -2.17. The first-order chi connectivity index (χ1) is 7.90. The van der Waals surface area contributed by atoms with Crippen LogP contribution in [0, 0.1) is 19.8 Å². The Morgan fingerprint density at radius 2 is 2.00 bits per heavy atom. The highest BCUT2D eigenvalue weighted by Crippen LogP contribution is 2.20. The monoisotopic (exact) mass is 254 g/mol. The van der Waals surface area contributed by atoms with Gasteiger partial charge in [0.05, 0.1) is 6.04 Å². The van der Waals surface area contributed by atoms with E-state index in [4.69, 9.17) is 16.6 Å². The highest BCUT2D eigenvalue weighted by Gasteiger charge is 2.13. The molecule has 0 saturated carbocycles. The van der Waals surface area contributed by atoms with Gasteiger partial charge in [-0.3, -0.25) is 0 Å². The predicted molar refractivity (Wildman–Crippen MR) is 75.2 cm³/mol. The van der Waals surface area contributed by atoms with Gasteiger partial charge in [-0.2, -0.15) is 0 Å². The number of hydrogen-bond acceptors (Lipinski definition) is 2. The number of nitrogens with one attached hydrogen (secondary N) is 2. The van der Waals surface area contributed by atoms with Crippen LogP contribution in [0.3, 0.4) is 0 Å². The Bertz CT molecular complexity index is 385. The van der Waals surface area contributed by atoms with Crippen LogP contribution in [0.1, 0.15) is 43.9 Å². The first-order valence-electron chi connectivity index (χ1n) is 6.01. The fraction of sp³-hybridized carbons (Fsp3) is 0.615. The molecular formula is C13H22N2OS. The fourth-order valence-corrected chi connectivity index (χ4v) is 1.96. The molecule has 3 nitrogen and oxygen atoms in total. The molecule has 0 aliphatic carbocycles. The van der Waals surface area contributed by atoms with E-state index in [9.17, 15) is 0 Å². The number of rotatable bonds is 4. The van der Waals surface area contributed by atoms with Gasteiger partial charge < -0.3 is 15.1 Å². The number of aryl methyl sites for hydroxylation is 2. The van der Waals surface area contributed by atoms with Crippen LogP contribution >= 0.6 is 12.2 Å². The molecule has 0 saturated heterocycles. The Balaban J connectivity index is 2.51. The summed E-state index contributed by atoms with van der Waals surface area (Å²) in [5, 5.41) is 7.16. The van der Waals surface area contributed by atoms with Gasteiger partial charge in [-0.1, -0.05) is 13.8 Å². The molecule has 96 valence electrons. The summed E-state index contributed by atoms with van der Waals surface area (Å²) >= 11 is 5.25. The quantitative estimate of drug-likeness (QED) is 0.810. The van der Waals surface area contributed by atoms with Gasteiger partial charge in [0.1, 0.15) is 11.5 Å². The van der Waals surface area contributed by atoms with E-state index >= 15 is 0 Å². The van der Waals surface area contributed by atoms with E-state index in [0.717, 1.165) is 23.6 Å². The molecule has 1 atom stereocenters. The fourth-order valence-electron chi connectivity index (χ4n) is 1.70. The third-order valence-corrected chi connectivity index (χ3v) is 2.83. The van der Waals surface area contributed by atoms with Crippen LogP contribution in [0.25, 0.3) is 0 Å². The number of thiocarbonyl (C=S) groups is 1. The normalized spacial score (nSPS) is 12.6. The van der Waals surface area contributed by atoms with Crippen LogP contribution in [0.15, 0.2) is 10.5 Å². The second-order valence-electron chi connectivity index (χ2n) is 4.84. The maximum atomic E-state index is 5.51. The molecule has 1 aromatic rings. The van der Waals surface area contributed by atoms with Crippen LogP contribution in [0.2, 0.25) is 0 Å². The SMILES string of the molecule is Cc1cc(C(C)NC(=S)NCC(C)C)c(C)o1. The van der Waals surface area contributed by atoms with Crippen LogP contribution < -0.4 is 10.6 Å². The minimum absolute atomic E-state index is 0.166. The zero-order valence-electron chi connectivity index (χ0n) is 11.3. The standard InChI is InChI=1S/C13H22N2OS/c1-8(2)7-14-13(17)15-10(4)12-6-9(3)16-11(12)5/h6,8,10H,7H2,1-5H3,(H2,14,15,17). The summed E-state index contributed by atoms with van der Waals surface area (Å²) in [6, 6.07) is 2.22.